The third-order valence-corrected chi connectivity index (χ3v) is 4.77. The molecule has 0 saturated carbocycles. The number of aromatic nitrogens is 4. The predicted octanol–water partition coefficient (Wildman–Crippen LogP) is 2.84. The van der Waals surface area contributed by atoms with Crippen LogP contribution in [0.25, 0.3) is 11.3 Å². The molecule has 1 aliphatic rings. The molecular weight excluding hydrogens is 380 g/mol. The number of carbonyl (C=O) groups excluding carboxylic acids is 1. The van der Waals surface area contributed by atoms with E-state index in [1.807, 2.05) is 0 Å². The summed E-state index contributed by atoms with van der Waals surface area (Å²) in [5.74, 6) is -1.03. The largest absolute Gasteiger partial charge is 0.458 e. The average Bonchev–Trinajstić information content (AvgIpc) is 3.11. The average molecular weight is 399 g/mol. The monoisotopic (exact) mass is 399 g/mol. The van der Waals surface area contributed by atoms with Crippen molar-refractivity contribution in [1.29, 1.82) is 0 Å². The van der Waals surface area contributed by atoms with Gasteiger partial charge in [0.15, 0.2) is 5.82 Å². The van der Waals surface area contributed by atoms with Crippen molar-refractivity contribution in [2.45, 2.75) is 18.9 Å². The fourth-order valence-electron chi connectivity index (χ4n) is 3.32. The predicted molar refractivity (Wildman–Crippen MR) is 100 cm³/mol. The number of ether oxygens (including phenoxy) is 1. The molecule has 1 saturated heterocycles. The van der Waals surface area contributed by atoms with Crippen molar-refractivity contribution in [2.75, 3.05) is 13.1 Å². The second kappa shape index (κ2) is 7.94. The summed E-state index contributed by atoms with van der Waals surface area (Å²) < 4.78 is 33.3. The number of carbonyl (C=O) groups is 1. The van der Waals surface area contributed by atoms with E-state index in [0.29, 0.717) is 24.5 Å². The van der Waals surface area contributed by atoms with E-state index in [-0.39, 0.29) is 23.8 Å². The van der Waals surface area contributed by atoms with Crippen molar-refractivity contribution >= 4 is 5.91 Å². The fraction of sp³-hybridized carbons (Fsp3) is 0.300. The van der Waals surface area contributed by atoms with E-state index in [0.717, 1.165) is 30.8 Å². The van der Waals surface area contributed by atoms with Crippen LogP contribution in [0.3, 0.4) is 0 Å². The highest BCUT2D eigenvalue weighted by Crippen LogP contribution is 2.22. The lowest BCUT2D eigenvalue weighted by Crippen LogP contribution is -2.45. The number of hydrogen-bond donors (Lipinski definition) is 0. The topological polar surface area (TPSA) is 73.1 Å². The van der Waals surface area contributed by atoms with Crippen LogP contribution < -0.4 is 4.74 Å². The Bertz CT molecular complexity index is 1000. The highest BCUT2D eigenvalue weighted by Gasteiger charge is 2.28. The first-order valence-corrected chi connectivity index (χ1v) is 9.23. The van der Waals surface area contributed by atoms with Crippen LogP contribution in [-0.2, 0) is 7.05 Å². The molecule has 0 radical (unpaired) electrons. The van der Waals surface area contributed by atoms with Gasteiger partial charge in [-0.2, -0.15) is 5.10 Å². The van der Waals surface area contributed by atoms with Crippen LogP contribution in [0.1, 0.15) is 23.3 Å². The maximum absolute atomic E-state index is 13.1. The van der Waals surface area contributed by atoms with Gasteiger partial charge < -0.3 is 9.64 Å². The number of rotatable bonds is 4. The molecular formula is C20H19F2N5O2. The molecule has 1 atom stereocenters. The van der Waals surface area contributed by atoms with Gasteiger partial charge in [0.05, 0.1) is 24.6 Å². The highest BCUT2D eigenvalue weighted by atomic mass is 19.1. The third-order valence-electron chi connectivity index (χ3n) is 4.77. The summed E-state index contributed by atoms with van der Waals surface area (Å²) in [4.78, 5) is 22.3. The van der Waals surface area contributed by atoms with Gasteiger partial charge in [-0.05, 0) is 43.2 Å². The first-order valence-electron chi connectivity index (χ1n) is 9.23. The van der Waals surface area contributed by atoms with Gasteiger partial charge in [0.1, 0.15) is 17.6 Å². The number of hydrogen-bond acceptors (Lipinski definition) is 5. The van der Waals surface area contributed by atoms with E-state index in [1.165, 1.54) is 16.8 Å². The van der Waals surface area contributed by atoms with Crippen LogP contribution in [0.2, 0.25) is 0 Å². The number of piperidine rings is 1. The zero-order valence-electron chi connectivity index (χ0n) is 15.8. The van der Waals surface area contributed by atoms with Crippen molar-refractivity contribution < 1.29 is 18.3 Å². The van der Waals surface area contributed by atoms with Crippen LogP contribution in [0.5, 0.6) is 6.01 Å². The molecule has 4 rings (SSSR count). The molecule has 3 aromatic rings. The van der Waals surface area contributed by atoms with E-state index in [4.69, 9.17) is 4.74 Å². The van der Waals surface area contributed by atoms with Gasteiger partial charge in [0.2, 0.25) is 0 Å². The van der Waals surface area contributed by atoms with Crippen molar-refractivity contribution in [1.82, 2.24) is 24.6 Å². The molecule has 0 aliphatic carbocycles. The van der Waals surface area contributed by atoms with Crippen LogP contribution >= 0.6 is 0 Å². The maximum atomic E-state index is 13.1. The molecule has 1 fully saturated rings. The maximum Gasteiger partial charge on any atom is 0.316 e. The summed E-state index contributed by atoms with van der Waals surface area (Å²) in [6, 6.07) is 7.75. The van der Waals surface area contributed by atoms with Crippen LogP contribution in [0.15, 0.2) is 42.7 Å². The van der Waals surface area contributed by atoms with E-state index in [9.17, 15) is 13.6 Å². The normalized spacial score (nSPS) is 16.7. The molecule has 7 nitrogen and oxygen atoms in total. The number of nitrogens with zero attached hydrogens (tertiary/aromatic N) is 5. The van der Waals surface area contributed by atoms with Gasteiger partial charge in [-0.3, -0.25) is 9.48 Å². The molecule has 1 aliphatic heterocycles. The summed E-state index contributed by atoms with van der Waals surface area (Å²) in [6.45, 7) is 0.969. The van der Waals surface area contributed by atoms with Crippen molar-refractivity contribution in [3.05, 3.63) is 60.1 Å². The number of benzene rings is 1. The molecule has 3 heterocycles. The van der Waals surface area contributed by atoms with Crippen molar-refractivity contribution in [2.24, 2.45) is 7.05 Å². The lowest BCUT2D eigenvalue weighted by Gasteiger charge is -2.32. The summed E-state index contributed by atoms with van der Waals surface area (Å²) in [5, 5.41) is 4.38. The molecule has 0 spiro atoms. The van der Waals surface area contributed by atoms with Crippen LogP contribution in [0.4, 0.5) is 8.78 Å². The standard InChI is InChI=1S/C20H19F2N5O2/c1-26-18(9-17(25-26)13-4-6-14(21)7-5-13)19(28)27-8-2-3-16(12-27)29-20-23-10-15(22)11-24-20/h4-7,9-11,16H,2-3,8,12H2,1H3/t16-/m1/s1. The second-order valence-corrected chi connectivity index (χ2v) is 6.86. The molecule has 9 heteroatoms. The Morgan fingerprint density at radius 3 is 2.59 bits per heavy atom. The zero-order chi connectivity index (χ0) is 20.4. The van der Waals surface area contributed by atoms with E-state index >= 15 is 0 Å². The zero-order valence-corrected chi connectivity index (χ0v) is 15.8. The molecule has 0 unspecified atom stereocenters. The van der Waals surface area contributed by atoms with Crippen LogP contribution in [0, 0.1) is 11.6 Å². The fourth-order valence-corrected chi connectivity index (χ4v) is 3.32. The first-order chi connectivity index (χ1) is 14.0. The number of halogens is 2. The van der Waals surface area contributed by atoms with Gasteiger partial charge in [-0.25, -0.2) is 18.7 Å². The lowest BCUT2D eigenvalue weighted by molar-refractivity contribution is 0.0506. The van der Waals surface area contributed by atoms with Crippen molar-refractivity contribution in [3.8, 4) is 17.3 Å². The van der Waals surface area contributed by atoms with Gasteiger partial charge in [-0.1, -0.05) is 0 Å². The molecule has 0 N–H and O–H groups in total. The quantitative estimate of drug-likeness (QED) is 0.675. The van der Waals surface area contributed by atoms with Gasteiger partial charge >= 0.3 is 6.01 Å². The molecule has 29 heavy (non-hydrogen) atoms. The van der Waals surface area contributed by atoms with Gasteiger partial charge in [0, 0.05) is 19.2 Å². The number of aryl methyl sites for hydroxylation is 1. The van der Waals surface area contributed by atoms with E-state index < -0.39 is 5.82 Å². The summed E-state index contributed by atoms with van der Waals surface area (Å²) in [5.41, 5.74) is 1.76. The third kappa shape index (κ3) is 4.23. The molecule has 0 bridgehead atoms. The summed E-state index contributed by atoms with van der Waals surface area (Å²) >= 11 is 0. The number of likely N-dealkylation sites (tertiary alicyclic amines) is 1. The Kier molecular flexibility index (Phi) is 5.20. The minimum atomic E-state index is -0.536. The Balaban J connectivity index is 1.47. The second-order valence-electron chi connectivity index (χ2n) is 6.86. The first kappa shape index (κ1) is 19.0. The summed E-state index contributed by atoms with van der Waals surface area (Å²) in [7, 11) is 1.70. The molecule has 2 aromatic heterocycles. The van der Waals surface area contributed by atoms with Crippen LogP contribution in [-0.4, -0.2) is 49.7 Å². The number of amides is 1. The molecule has 1 aromatic carbocycles. The Morgan fingerprint density at radius 2 is 1.86 bits per heavy atom. The Hall–Kier alpha value is -3.36. The smallest absolute Gasteiger partial charge is 0.316 e. The van der Waals surface area contributed by atoms with Gasteiger partial charge in [0.25, 0.3) is 5.91 Å². The minimum Gasteiger partial charge on any atom is -0.458 e. The Labute approximate surface area is 166 Å². The summed E-state index contributed by atoms with van der Waals surface area (Å²) in [6.07, 6.45) is 3.32. The SMILES string of the molecule is Cn1nc(-c2ccc(F)cc2)cc1C(=O)N1CCC[C@@H](Oc2ncc(F)cn2)C1. The minimum absolute atomic E-state index is 0.0878. The van der Waals surface area contributed by atoms with Crippen molar-refractivity contribution in [3.63, 3.8) is 0 Å². The molecule has 1 amide bonds. The van der Waals surface area contributed by atoms with E-state index in [2.05, 4.69) is 15.1 Å². The van der Waals surface area contributed by atoms with E-state index in [1.54, 1.807) is 30.1 Å². The Morgan fingerprint density at radius 1 is 1.14 bits per heavy atom. The lowest BCUT2D eigenvalue weighted by atomic mass is 10.1. The highest BCUT2D eigenvalue weighted by molar-refractivity contribution is 5.93. The van der Waals surface area contributed by atoms with Gasteiger partial charge in [-0.15, -0.1) is 0 Å². The molecule has 150 valence electrons.